The van der Waals surface area contributed by atoms with Crippen molar-refractivity contribution in [2.24, 2.45) is 5.73 Å². The van der Waals surface area contributed by atoms with Gasteiger partial charge in [0.1, 0.15) is 0 Å². The minimum atomic E-state index is -0.470. The molecule has 0 amide bonds. The highest BCUT2D eigenvalue weighted by atomic mass is 16.5. The highest BCUT2D eigenvalue weighted by Gasteiger charge is 2.15. The Morgan fingerprint density at radius 3 is 2.27 bits per heavy atom. The van der Waals surface area contributed by atoms with Gasteiger partial charge in [-0.3, -0.25) is 0 Å². The Kier molecular flexibility index (Phi) is 9.00. The monoisotopic (exact) mass is 219 g/mol. The molecule has 4 nitrogen and oxygen atoms in total. The van der Waals surface area contributed by atoms with Crippen molar-refractivity contribution in [3.63, 3.8) is 0 Å². The minimum Gasteiger partial charge on any atom is -0.394 e. The third-order valence-electron chi connectivity index (χ3n) is 2.12. The summed E-state index contributed by atoms with van der Waals surface area (Å²) in [6.07, 6.45) is 2.70. The number of ether oxygens (including phenoxy) is 2. The molecule has 0 aliphatic heterocycles. The second kappa shape index (κ2) is 9.09. The van der Waals surface area contributed by atoms with Gasteiger partial charge in [0.05, 0.1) is 19.8 Å². The summed E-state index contributed by atoms with van der Waals surface area (Å²) in [5.74, 6) is 0. The summed E-state index contributed by atoms with van der Waals surface area (Å²) < 4.78 is 10.6. The SMILES string of the molecule is CCCOCCOCCCC(C)(N)CO. The maximum Gasteiger partial charge on any atom is 0.0700 e. The standard InChI is InChI=1S/C11H25NO3/c1-3-6-14-8-9-15-7-4-5-11(2,12)10-13/h13H,3-10,12H2,1-2H3. The number of nitrogens with two attached hydrogens (primary N) is 1. The van der Waals surface area contributed by atoms with Gasteiger partial charge in [0, 0.05) is 18.8 Å². The van der Waals surface area contributed by atoms with E-state index in [9.17, 15) is 0 Å². The van der Waals surface area contributed by atoms with Crippen molar-refractivity contribution in [1.82, 2.24) is 0 Å². The van der Waals surface area contributed by atoms with E-state index in [0.717, 1.165) is 25.9 Å². The van der Waals surface area contributed by atoms with Crippen LogP contribution in [0.25, 0.3) is 0 Å². The summed E-state index contributed by atoms with van der Waals surface area (Å²) in [5.41, 5.74) is 5.30. The van der Waals surface area contributed by atoms with Gasteiger partial charge in [-0.1, -0.05) is 6.92 Å². The Balaban J connectivity index is 3.11. The Bertz CT molecular complexity index is 140. The molecule has 92 valence electrons. The highest BCUT2D eigenvalue weighted by molar-refractivity contribution is 4.76. The molecule has 0 aromatic heterocycles. The molecule has 0 heterocycles. The molecule has 3 N–H and O–H groups in total. The van der Waals surface area contributed by atoms with Crippen molar-refractivity contribution in [1.29, 1.82) is 0 Å². The first-order valence-electron chi connectivity index (χ1n) is 5.67. The quantitative estimate of drug-likeness (QED) is 0.536. The molecule has 0 aromatic carbocycles. The normalized spacial score (nSPS) is 15.2. The van der Waals surface area contributed by atoms with Crippen molar-refractivity contribution in [3.8, 4) is 0 Å². The van der Waals surface area contributed by atoms with Gasteiger partial charge in [0.15, 0.2) is 0 Å². The molecule has 15 heavy (non-hydrogen) atoms. The summed E-state index contributed by atoms with van der Waals surface area (Å²) in [6.45, 7) is 6.73. The zero-order valence-corrected chi connectivity index (χ0v) is 10.00. The van der Waals surface area contributed by atoms with Crippen LogP contribution >= 0.6 is 0 Å². The first kappa shape index (κ1) is 14.8. The van der Waals surface area contributed by atoms with Crippen LogP contribution in [0.1, 0.15) is 33.1 Å². The van der Waals surface area contributed by atoms with Gasteiger partial charge in [0.2, 0.25) is 0 Å². The van der Waals surface area contributed by atoms with E-state index in [1.54, 1.807) is 0 Å². The third kappa shape index (κ3) is 10.1. The lowest BCUT2D eigenvalue weighted by atomic mass is 9.99. The number of aliphatic hydroxyl groups is 1. The summed E-state index contributed by atoms with van der Waals surface area (Å²) in [5, 5.41) is 8.91. The van der Waals surface area contributed by atoms with Gasteiger partial charge in [0.25, 0.3) is 0 Å². The molecule has 0 aromatic rings. The number of hydrogen-bond acceptors (Lipinski definition) is 4. The predicted octanol–water partition coefficient (Wildman–Crippen LogP) is 0.920. The third-order valence-corrected chi connectivity index (χ3v) is 2.12. The molecule has 0 radical (unpaired) electrons. The van der Waals surface area contributed by atoms with Crippen molar-refractivity contribution >= 4 is 0 Å². The molecule has 0 saturated carbocycles. The van der Waals surface area contributed by atoms with Crippen LogP contribution in [-0.2, 0) is 9.47 Å². The molecule has 1 atom stereocenters. The van der Waals surface area contributed by atoms with Crippen LogP contribution in [0.2, 0.25) is 0 Å². The van der Waals surface area contributed by atoms with Crippen LogP contribution in [0.4, 0.5) is 0 Å². The molecule has 0 rings (SSSR count). The van der Waals surface area contributed by atoms with Crippen molar-refractivity contribution in [2.45, 2.75) is 38.6 Å². The van der Waals surface area contributed by atoms with Gasteiger partial charge in [-0.2, -0.15) is 0 Å². The molecule has 0 bridgehead atoms. The molecule has 0 aliphatic rings. The Morgan fingerprint density at radius 1 is 1.13 bits per heavy atom. The molecule has 4 heteroatoms. The van der Waals surface area contributed by atoms with Crippen LogP contribution in [0, 0.1) is 0 Å². The van der Waals surface area contributed by atoms with Crippen LogP contribution in [-0.4, -0.2) is 43.7 Å². The lowest BCUT2D eigenvalue weighted by Gasteiger charge is -2.21. The van der Waals surface area contributed by atoms with E-state index in [2.05, 4.69) is 6.92 Å². The molecule has 0 saturated heterocycles. The van der Waals surface area contributed by atoms with Crippen molar-refractivity contribution in [2.75, 3.05) is 33.0 Å². The Hall–Kier alpha value is -0.160. The summed E-state index contributed by atoms with van der Waals surface area (Å²) in [6, 6.07) is 0. The average molecular weight is 219 g/mol. The summed E-state index contributed by atoms with van der Waals surface area (Å²) >= 11 is 0. The van der Waals surface area contributed by atoms with E-state index in [4.69, 9.17) is 20.3 Å². The van der Waals surface area contributed by atoms with E-state index in [0.29, 0.717) is 19.8 Å². The van der Waals surface area contributed by atoms with E-state index in [1.165, 1.54) is 0 Å². The van der Waals surface area contributed by atoms with Crippen LogP contribution < -0.4 is 5.73 Å². The first-order chi connectivity index (χ1) is 7.12. The van der Waals surface area contributed by atoms with Crippen LogP contribution in [0.5, 0.6) is 0 Å². The van der Waals surface area contributed by atoms with Gasteiger partial charge in [-0.05, 0) is 26.2 Å². The summed E-state index contributed by atoms with van der Waals surface area (Å²) in [4.78, 5) is 0. The average Bonchev–Trinajstić information content (AvgIpc) is 2.22. The van der Waals surface area contributed by atoms with Crippen molar-refractivity contribution < 1.29 is 14.6 Å². The Labute approximate surface area is 92.7 Å². The first-order valence-corrected chi connectivity index (χ1v) is 5.67. The van der Waals surface area contributed by atoms with Gasteiger partial charge < -0.3 is 20.3 Å². The largest absolute Gasteiger partial charge is 0.394 e. The predicted molar refractivity (Wildman–Crippen MR) is 60.8 cm³/mol. The van der Waals surface area contributed by atoms with Gasteiger partial charge in [-0.25, -0.2) is 0 Å². The fourth-order valence-corrected chi connectivity index (χ4v) is 1.12. The topological polar surface area (TPSA) is 64.7 Å². The zero-order chi connectivity index (χ0) is 11.6. The number of hydrogen-bond donors (Lipinski definition) is 2. The van der Waals surface area contributed by atoms with Crippen molar-refractivity contribution in [3.05, 3.63) is 0 Å². The minimum absolute atomic E-state index is 0.0204. The fraction of sp³-hybridized carbons (Fsp3) is 1.00. The zero-order valence-electron chi connectivity index (χ0n) is 10.00. The molecular formula is C11H25NO3. The van der Waals surface area contributed by atoms with Crippen LogP contribution in [0.3, 0.4) is 0 Å². The van der Waals surface area contributed by atoms with Crippen LogP contribution in [0.15, 0.2) is 0 Å². The summed E-state index contributed by atoms with van der Waals surface area (Å²) in [7, 11) is 0. The Morgan fingerprint density at radius 2 is 1.73 bits per heavy atom. The van der Waals surface area contributed by atoms with Gasteiger partial charge >= 0.3 is 0 Å². The van der Waals surface area contributed by atoms with E-state index in [1.807, 2.05) is 6.92 Å². The lowest BCUT2D eigenvalue weighted by molar-refractivity contribution is 0.0442. The van der Waals surface area contributed by atoms with E-state index < -0.39 is 5.54 Å². The molecule has 1 unspecified atom stereocenters. The molecular weight excluding hydrogens is 194 g/mol. The van der Waals surface area contributed by atoms with E-state index in [-0.39, 0.29) is 6.61 Å². The smallest absolute Gasteiger partial charge is 0.0700 e. The second-order valence-electron chi connectivity index (χ2n) is 4.14. The maximum absolute atomic E-state index is 8.91. The highest BCUT2D eigenvalue weighted by Crippen LogP contribution is 2.07. The number of aliphatic hydroxyl groups excluding tert-OH is 1. The second-order valence-corrected chi connectivity index (χ2v) is 4.14. The lowest BCUT2D eigenvalue weighted by Crippen LogP contribution is -2.40. The van der Waals surface area contributed by atoms with E-state index >= 15 is 0 Å². The fourth-order valence-electron chi connectivity index (χ4n) is 1.12. The maximum atomic E-state index is 8.91. The molecule has 0 spiro atoms. The molecule has 0 aliphatic carbocycles. The number of rotatable bonds is 10. The molecule has 0 fully saturated rings. The van der Waals surface area contributed by atoms with Gasteiger partial charge in [-0.15, -0.1) is 0 Å².